The van der Waals surface area contributed by atoms with Crippen LogP contribution in [0.1, 0.15) is 37.7 Å². The van der Waals surface area contributed by atoms with Gasteiger partial charge in [0.25, 0.3) is 5.92 Å². The zero-order chi connectivity index (χ0) is 17.0. The number of ether oxygens (including phenoxy) is 1. The van der Waals surface area contributed by atoms with Gasteiger partial charge in [-0.2, -0.15) is 0 Å². The van der Waals surface area contributed by atoms with Gasteiger partial charge in [-0.15, -0.1) is 0 Å². The molecule has 0 N–H and O–H groups in total. The van der Waals surface area contributed by atoms with Crippen LogP contribution in [-0.4, -0.2) is 41.4 Å². The number of likely N-dealkylation sites (tertiary alicyclic amines) is 1. The van der Waals surface area contributed by atoms with Gasteiger partial charge in [0.05, 0.1) is 19.1 Å². The van der Waals surface area contributed by atoms with Crippen LogP contribution >= 0.6 is 0 Å². The summed E-state index contributed by atoms with van der Waals surface area (Å²) in [6.45, 7) is 0.462. The standard InChI is InChI=1S/C18H24F2N2O2/c19-18(20)7-9-22(17(23)15-5-1-2-6-15)11-16(18)13-24-12-14-4-3-8-21-10-14/h3-4,8,10,15-16H,1-2,5-7,9,11-13H2. The van der Waals surface area contributed by atoms with E-state index < -0.39 is 11.8 Å². The third-order valence-corrected chi connectivity index (χ3v) is 5.08. The minimum Gasteiger partial charge on any atom is -0.376 e. The zero-order valence-electron chi connectivity index (χ0n) is 13.8. The van der Waals surface area contributed by atoms with Gasteiger partial charge in [0.2, 0.25) is 5.91 Å². The van der Waals surface area contributed by atoms with Gasteiger partial charge in [0.15, 0.2) is 0 Å². The highest BCUT2D eigenvalue weighted by atomic mass is 19.3. The molecule has 2 heterocycles. The van der Waals surface area contributed by atoms with Gasteiger partial charge in [-0.25, -0.2) is 8.78 Å². The van der Waals surface area contributed by atoms with Crippen LogP contribution in [0.15, 0.2) is 24.5 Å². The topological polar surface area (TPSA) is 42.4 Å². The summed E-state index contributed by atoms with van der Waals surface area (Å²) in [5, 5.41) is 0. The number of aromatic nitrogens is 1. The molecule has 1 saturated heterocycles. The second-order valence-electron chi connectivity index (χ2n) is 6.85. The van der Waals surface area contributed by atoms with Crippen LogP contribution in [0.5, 0.6) is 0 Å². The van der Waals surface area contributed by atoms with Crippen molar-refractivity contribution in [2.24, 2.45) is 11.8 Å². The lowest BCUT2D eigenvalue weighted by Gasteiger charge is -2.39. The maximum absolute atomic E-state index is 14.2. The lowest BCUT2D eigenvalue weighted by molar-refractivity contribution is -0.155. The Morgan fingerprint density at radius 2 is 2.17 bits per heavy atom. The number of hydrogen-bond acceptors (Lipinski definition) is 3. The molecular weight excluding hydrogens is 314 g/mol. The second-order valence-corrected chi connectivity index (χ2v) is 6.85. The molecule has 1 aromatic rings. The van der Waals surface area contributed by atoms with Gasteiger partial charge in [-0.05, 0) is 24.5 Å². The fourth-order valence-electron chi connectivity index (χ4n) is 3.59. The van der Waals surface area contributed by atoms with E-state index in [1.807, 2.05) is 6.07 Å². The molecule has 0 aromatic carbocycles. The van der Waals surface area contributed by atoms with Crippen molar-refractivity contribution in [1.82, 2.24) is 9.88 Å². The number of alkyl halides is 2. The van der Waals surface area contributed by atoms with Crippen LogP contribution in [-0.2, 0) is 16.1 Å². The first kappa shape index (κ1) is 17.3. The maximum atomic E-state index is 14.2. The number of pyridine rings is 1. The highest BCUT2D eigenvalue weighted by molar-refractivity contribution is 5.79. The van der Waals surface area contributed by atoms with Crippen molar-refractivity contribution in [3.05, 3.63) is 30.1 Å². The maximum Gasteiger partial charge on any atom is 0.256 e. The highest BCUT2D eigenvalue weighted by Crippen LogP contribution is 2.36. The van der Waals surface area contributed by atoms with Crippen molar-refractivity contribution in [3.8, 4) is 0 Å². The second kappa shape index (κ2) is 7.55. The van der Waals surface area contributed by atoms with Gasteiger partial charge in [0.1, 0.15) is 0 Å². The Morgan fingerprint density at radius 1 is 1.38 bits per heavy atom. The van der Waals surface area contributed by atoms with E-state index in [9.17, 15) is 13.6 Å². The summed E-state index contributed by atoms with van der Waals surface area (Å²) >= 11 is 0. The van der Waals surface area contributed by atoms with E-state index in [1.165, 1.54) is 0 Å². The highest BCUT2D eigenvalue weighted by Gasteiger charge is 2.46. The van der Waals surface area contributed by atoms with Gasteiger partial charge in [-0.1, -0.05) is 18.9 Å². The van der Waals surface area contributed by atoms with E-state index in [2.05, 4.69) is 4.98 Å². The summed E-state index contributed by atoms with van der Waals surface area (Å²) < 4.78 is 33.8. The largest absolute Gasteiger partial charge is 0.376 e. The number of hydrogen-bond donors (Lipinski definition) is 0. The minimum absolute atomic E-state index is 0.0358. The summed E-state index contributed by atoms with van der Waals surface area (Å²) in [6.07, 6.45) is 6.98. The summed E-state index contributed by atoms with van der Waals surface area (Å²) in [5.41, 5.74) is 0.857. The normalized spacial score (nSPS) is 24.2. The van der Waals surface area contributed by atoms with Crippen molar-refractivity contribution in [2.45, 2.75) is 44.6 Å². The van der Waals surface area contributed by atoms with Crippen LogP contribution in [0.25, 0.3) is 0 Å². The lowest BCUT2D eigenvalue weighted by Crippen LogP contribution is -2.52. The number of carbonyl (C=O) groups excluding carboxylic acids is 1. The number of piperidine rings is 1. The van der Waals surface area contributed by atoms with Crippen LogP contribution in [0.4, 0.5) is 8.78 Å². The van der Waals surface area contributed by atoms with E-state index in [0.29, 0.717) is 0 Å². The van der Waals surface area contributed by atoms with Crippen LogP contribution < -0.4 is 0 Å². The molecule has 6 heteroatoms. The number of nitrogens with zero attached hydrogens (tertiary/aromatic N) is 2. The summed E-state index contributed by atoms with van der Waals surface area (Å²) in [5.74, 6) is -3.62. The molecule has 132 valence electrons. The Labute approximate surface area is 141 Å². The molecule has 1 amide bonds. The Kier molecular flexibility index (Phi) is 5.43. The molecule has 24 heavy (non-hydrogen) atoms. The number of halogens is 2. The van der Waals surface area contributed by atoms with Crippen LogP contribution in [0.2, 0.25) is 0 Å². The van der Waals surface area contributed by atoms with E-state index in [1.54, 1.807) is 23.4 Å². The van der Waals surface area contributed by atoms with Crippen molar-refractivity contribution >= 4 is 5.91 Å². The third kappa shape index (κ3) is 4.09. The van der Waals surface area contributed by atoms with Crippen LogP contribution in [0.3, 0.4) is 0 Å². The molecule has 0 bridgehead atoms. The molecule has 3 rings (SSSR count). The molecule has 1 aliphatic heterocycles. The number of amides is 1. The molecule has 0 radical (unpaired) electrons. The van der Waals surface area contributed by atoms with E-state index >= 15 is 0 Å². The number of rotatable bonds is 5. The predicted molar refractivity (Wildman–Crippen MR) is 85.5 cm³/mol. The molecule has 2 aliphatic rings. The molecular formula is C18H24F2N2O2. The fourth-order valence-corrected chi connectivity index (χ4v) is 3.59. The lowest BCUT2D eigenvalue weighted by atomic mass is 9.93. The third-order valence-electron chi connectivity index (χ3n) is 5.08. The number of carbonyl (C=O) groups is 1. The summed E-state index contributed by atoms with van der Waals surface area (Å²) in [7, 11) is 0. The van der Waals surface area contributed by atoms with E-state index in [4.69, 9.17) is 4.74 Å². The Morgan fingerprint density at radius 3 is 2.88 bits per heavy atom. The molecule has 4 nitrogen and oxygen atoms in total. The first-order chi connectivity index (χ1) is 11.6. The quantitative estimate of drug-likeness (QED) is 0.827. The van der Waals surface area contributed by atoms with Crippen molar-refractivity contribution in [3.63, 3.8) is 0 Å². The predicted octanol–water partition coefficient (Wildman–Crippen LogP) is 3.27. The van der Waals surface area contributed by atoms with E-state index in [-0.39, 0.29) is 44.5 Å². The Balaban J connectivity index is 1.54. The molecule has 1 saturated carbocycles. The average Bonchev–Trinajstić information content (AvgIpc) is 3.11. The molecule has 1 aromatic heterocycles. The molecule has 1 aliphatic carbocycles. The van der Waals surface area contributed by atoms with Gasteiger partial charge in [-0.3, -0.25) is 9.78 Å². The first-order valence-corrected chi connectivity index (χ1v) is 8.69. The molecule has 1 unspecified atom stereocenters. The SMILES string of the molecule is O=C(C1CCCC1)N1CCC(F)(F)C(COCc2cccnc2)C1. The molecule has 1 atom stereocenters. The van der Waals surface area contributed by atoms with Crippen LogP contribution in [0, 0.1) is 11.8 Å². The summed E-state index contributed by atoms with van der Waals surface area (Å²) in [4.78, 5) is 18.1. The summed E-state index contributed by atoms with van der Waals surface area (Å²) in [6, 6.07) is 3.64. The Hall–Kier alpha value is -1.56. The first-order valence-electron chi connectivity index (χ1n) is 8.69. The van der Waals surface area contributed by atoms with Gasteiger partial charge >= 0.3 is 0 Å². The molecule has 2 fully saturated rings. The zero-order valence-corrected chi connectivity index (χ0v) is 13.8. The van der Waals surface area contributed by atoms with Gasteiger partial charge in [0, 0.05) is 37.8 Å². The smallest absolute Gasteiger partial charge is 0.256 e. The van der Waals surface area contributed by atoms with E-state index in [0.717, 1.165) is 31.2 Å². The monoisotopic (exact) mass is 338 g/mol. The molecule has 0 spiro atoms. The Bertz CT molecular complexity index is 547. The van der Waals surface area contributed by atoms with Crippen molar-refractivity contribution in [1.29, 1.82) is 0 Å². The van der Waals surface area contributed by atoms with Gasteiger partial charge < -0.3 is 9.64 Å². The van der Waals surface area contributed by atoms with Crippen molar-refractivity contribution in [2.75, 3.05) is 19.7 Å². The fraction of sp³-hybridized carbons (Fsp3) is 0.667. The minimum atomic E-state index is -2.78. The van der Waals surface area contributed by atoms with Crippen molar-refractivity contribution < 1.29 is 18.3 Å². The average molecular weight is 338 g/mol.